The molecule has 0 aromatic heterocycles. The quantitative estimate of drug-likeness (QED) is 0.814. The highest BCUT2D eigenvalue weighted by Gasteiger charge is 2.13. The second-order valence-corrected chi connectivity index (χ2v) is 5.36. The first-order chi connectivity index (χ1) is 7.80. The van der Waals surface area contributed by atoms with Gasteiger partial charge in [-0.3, -0.25) is 4.79 Å². The Morgan fingerprint density at radius 1 is 1.47 bits per heavy atom. The average molecular weight is 261 g/mol. The van der Waals surface area contributed by atoms with Crippen LogP contribution in [0.5, 0.6) is 0 Å². The van der Waals surface area contributed by atoms with Gasteiger partial charge in [0.2, 0.25) is 10.0 Å². The van der Waals surface area contributed by atoms with E-state index in [1.54, 1.807) is 6.92 Å². The third kappa shape index (κ3) is 4.49. The van der Waals surface area contributed by atoms with Crippen LogP contribution in [0.3, 0.4) is 0 Å². The summed E-state index contributed by atoms with van der Waals surface area (Å²) in [6.07, 6.45) is 0. The largest absolute Gasteiger partial charge is 0.480 e. The van der Waals surface area contributed by atoms with Gasteiger partial charge in [-0.15, -0.1) is 0 Å². The molecule has 0 aliphatic rings. The number of carbonyl (C=O) groups is 1. The van der Waals surface area contributed by atoms with Crippen molar-refractivity contribution in [1.82, 2.24) is 4.72 Å². The Labute approximate surface area is 98.3 Å². The van der Waals surface area contributed by atoms with Crippen molar-refractivity contribution in [3.05, 3.63) is 35.1 Å². The Morgan fingerprint density at radius 2 is 2.12 bits per heavy atom. The fraction of sp³-hybridized carbons (Fsp3) is 0.300. The summed E-state index contributed by atoms with van der Waals surface area (Å²) in [7, 11) is -3.76. The lowest BCUT2D eigenvalue weighted by Crippen LogP contribution is -2.30. The third-order valence-electron chi connectivity index (χ3n) is 2.04. The van der Waals surface area contributed by atoms with E-state index >= 15 is 0 Å². The number of halogens is 1. The van der Waals surface area contributed by atoms with Crippen LogP contribution in [0.25, 0.3) is 0 Å². The number of hydrogen-bond donors (Lipinski definition) is 2. The van der Waals surface area contributed by atoms with Gasteiger partial charge in [0.1, 0.15) is 12.4 Å². The first kappa shape index (κ1) is 13.6. The molecule has 0 unspecified atom stereocenters. The van der Waals surface area contributed by atoms with E-state index in [9.17, 15) is 17.6 Å². The number of sulfonamides is 1. The molecular formula is C10H12FNO4S. The minimum absolute atomic E-state index is 0.269. The van der Waals surface area contributed by atoms with Crippen molar-refractivity contribution in [1.29, 1.82) is 0 Å². The van der Waals surface area contributed by atoms with Crippen LogP contribution in [0, 0.1) is 12.7 Å². The van der Waals surface area contributed by atoms with E-state index in [4.69, 9.17) is 5.11 Å². The van der Waals surface area contributed by atoms with Crippen LogP contribution < -0.4 is 4.72 Å². The SMILES string of the molecule is Cc1ccc(CS(=O)(=O)NCC(=O)O)cc1F. The zero-order valence-electron chi connectivity index (χ0n) is 9.10. The standard InChI is InChI=1S/C10H12FNO4S/c1-7-2-3-8(4-9(7)11)6-17(15,16)12-5-10(13)14/h2-4,12H,5-6H2,1H3,(H,13,14). The molecule has 7 heteroatoms. The summed E-state index contributed by atoms with van der Waals surface area (Å²) in [5.41, 5.74) is 0.690. The van der Waals surface area contributed by atoms with E-state index in [1.807, 2.05) is 4.72 Å². The molecular weight excluding hydrogens is 249 g/mol. The highest BCUT2D eigenvalue weighted by molar-refractivity contribution is 7.88. The van der Waals surface area contributed by atoms with Gasteiger partial charge in [0.25, 0.3) is 0 Å². The van der Waals surface area contributed by atoms with E-state index < -0.39 is 34.1 Å². The van der Waals surface area contributed by atoms with E-state index in [0.717, 1.165) is 6.07 Å². The summed E-state index contributed by atoms with van der Waals surface area (Å²) < 4.78 is 37.9. The van der Waals surface area contributed by atoms with E-state index in [0.29, 0.717) is 5.56 Å². The third-order valence-corrected chi connectivity index (χ3v) is 3.33. The topological polar surface area (TPSA) is 83.5 Å². The lowest BCUT2D eigenvalue weighted by molar-refractivity contribution is -0.135. The van der Waals surface area contributed by atoms with Crippen molar-refractivity contribution < 1.29 is 22.7 Å². The van der Waals surface area contributed by atoms with Gasteiger partial charge in [-0.05, 0) is 24.1 Å². The number of rotatable bonds is 5. The molecule has 0 saturated heterocycles. The van der Waals surface area contributed by atoms with Crippen LogP contribution in [0.1, 0.15) is 11.1 Å². The van der Waals surface area contributed by atoms with Gasteiger partial charge in [0.15, 0.2) is 0 Å². The minimum Gasteiger partial charge on any atom is -0.480 e. The van der Waals surface area contributed by atoms with Crippen LogP contribution in [0.4, 0.5) is 4.39 Å². The van der Waals surface area contributed by atoms with Crippen LogP contribution in [0.15, 0.2) is 18.2 Å². The first-order valence-corrected chi connectivity index (χ1v) is 6.39. The summed E-state index contributed by atoms with van der Waals surface area (Å²) in [4.78, 5) is 10.2. The molecule has 0 saturated carbocycles. The van der Waals surface area contributed by atoms with Crippen LogP contribution in [-0.4, -0.2) is 26.0 Å². The number of hydrogen-bond acceptors (Lipinski definition) is 3. The molecule has 1 aromatic carbocycles. The molecule has 2 N–H and O–H groups in total. The predicted octanol–water partition coefficient (Wildman–Crippen LogP) is 0.638. The van der Waals surface area contributed by atoms with Crippen molar-refractivity contribution in [2.45, 2.75) is 12.7 Å². The summed E-state index contributed by atoms with van der Waals surface area (Å²) in [6, 6.07) is 4.07. The molecule has 5 nitrogen and oxygen atoms in total. The van der Waals surface area contributed by atoms with Crippen LogP contribution in [0.2, 0.25) is 0 Å². The molecule has 0 aliphatic carbocycles. The highest BCUT2D eigenvalue weighted by Crippen LogP contribution is 2.11. The smallest absolute Gasteiger partial charge is 0.318 e. The molecule has 0 radical (unpaired) electrons. The average Bonchev–Trinajstić information content (AvgIpc) is 2.21. The molecule has 0 spiro atoms. The molecule has 0 atom stereocenters. The van der Waals surface area contributed by atoms with Crippen molar-refractivity contribution in [3.63, 3.8) is 0 Å². The Kier molecular flexibility index (Phi) is 4.19. The van der Waals surface area contributed by atoms with Gasteiger partial charge in [0.05, 0.1) is 5.75 Å². The van der Waals surface area contributed by atoms with Crippen molar-refractivity contribution in [2.75, 3.05) is 6.54 Å². The van der Waals surface area contributed by atoms with Gasteiger partial charge in [-0.25, -0.2) is 17.5 Å². The first-order valence-electron chi connectivity index (χ1n) is 4.74. The molecule has 1 aromatic rings. The number of carboxylic acids is 1. The zero-order chi connectivity index (χ0) is 13.1. The Balaban J connectivity index is 2.76. The maximum Gasteiger partial charge on any atom is 0.318 e. The van der Waals surface area contributed by atoms with Gasteiger partial charge >= 0.3 is 5.97 Å². The van der Waals surface area contributed by atoms with Crippen LogP contribution >= 0.6 is 0 Å². The maximum atomic E-state index is 13.2. The maximum absolute atomic E-state index is 13.2. The predicted molar refractivity (Wildman–Crippen MR) is 59.4 cm³/mol. The van der Waals surface area contributed by atoms with E-state index in [1.165, 1.54) is 12.1 Å². The van der Waals surface area contributed by atoms with Crippen molar-refractivity contribution >= 4 is 16.0 Å². The van der Waals surface area contributed by atoms with E-state index in [2.05, 4.69) is 0 Å². The zero-order valence-corrected chi connectivity index (χ0v) is 9.92. The number of aryl methyl sites for hydroxylation is 1. The van der Waals surface area contributed by atoms with Gasteiger partial charge < -0.3 is 5.11 Å². The second-order valence-electron chi connectivity index (χ2n) is 3.56. The summed E-state index contributed by atoms with van der Waals surface area (Å²) >= 11 is 0. The number of carboxylic acid groups (broad SMARTS) is 1. The molecule has 94 valence electrons. The molecule has 1 rings (SSSR count). The summed E-state index contributed by atoms with van der Waals surface area (Å²) in [6.45, 7) is 0.882. The Morgan fingerprint density at radius 3 is 2.65 bits per heavy atom. The molecule has 17 heavy (non-hydrogen) atoms. The minimum atomic E-state index is -3.76. The van der Waals surface area contributed by atoms with Gasteiger partial charge in [-0.1, -0.05) is 12.1 Å². The van der Waals surface area contributed by atoms with E-state index in [-0.39, 0.29) is 5.56 Å². The monoisotopic (exact) mass is 261 g/mol. The lowest BCUT2D eigenvalue weighted by atomic mass is 10.2. The fourth-order valence-electron chi connectivity index (χ4n) is 1.17. The molecule has 0 fully saturated rings. The second kappa shape index (κ2) is 5.24. The lowest BCUT2D eigenvalue weighted by Gasteiger charge is -2.05. The molecule has 0 amide bonds. The summed E-state index contributed by atoms with van der Waals surface area (Å²) in [5, 5.41) is 8.34. The highest BCUT2D eigenvalue weighted by atomic mass is 32.2. The fourth-order valence-corrected chi connectivity index (χ4v) is 2.23. The van der Waals surface area contributed by atoms with Crippen LogP contribution in [-0.2, 0) is 20.6 Å². The van der Waals surface area contributed by atoms with Crippen molar-refractivity contribution in [2.24, 2.45) is 0 Å². The van der Waals surface area contributed by atoms with Gasteiger partial charge in [0, 0.05) is 0 Å². The molecule has 0 bridgehead atoms. The number of benzene rings is 1. The summed E-state index contributed by atoms with van der Waals surface area (Å²) in [5.74, 6) is -2.21. The Bertz CT molecular complexity index is 527. The van der Waals surface area contributed by atoms with Gasteiger partial charge in [-0.2, -0.15) is 0 Å². The molecule has 0 aliphatic heterocycles. The van der Waals surface area contributed by atoms with Crippen molar-refractivity contribution in [3.8, 4) is 0 Å². The number of aliphatic carboxylic acids is 1. The number of nitrogens with one attached hydrogen (secondary N) is 1. The molecule has 0 heterocycles. The Hall–Kier alpha value is -1.47. The normalized spacial score (nSPS) is 11.4.